The van der Waals surface area contributed by atoms with Gasteiger partial charge in [-0.25, -0.2) is 0 Å². The Labute approximate surface area is 67.4 Å². The number of ketones is 1. The third-order valence-corrected chi connectivity index (χ3v) is 1.13. The zero-order valence-electron chi connectivity index (χ0n) is 7.17. The van der Waals surface area contributed by atoms with Crippen molar-refractivity contribution in [1.29, 1.82) is 0 Å². The fourth-order valence-corrected chi connectivity index (χ4v) is 0.765. The van der Waals surface area contributed by atoms with E-state index in [2.05, 4.69) is 0 Å². The van der Waals surface area contributed by atoms with Crippen molar-refractivity contribution < 1.29 is 14.6 Å². The molecule has 0 aliphatic rings. The van der Waals surface area contributed by atoms with Gasteiger partial charge in [0.1, 0.15) is 6.61 Å². The molecule has 0 heterocycles. The number of carbonyl (C=O) groups excluding carboxylic acids is 1. The van der Waals surface area contributed by atoms with Crippen LogP contribution in [0.5, 0.6) is 0 Å². The molecule has 0 saturated carbocycles. The summed E-state index contributed by atoms with van der Waals surface area (Å²) in [5.74, 6) is 0.494. The van der Waals surface area contributed by atoms with Gasteiger partial charge in [0.25, 0.3) is 0 Å². The van der Waals surface area contributed by atoms with Gasteiger partial charge in [-0.05, 0) is 5.92 Å². The molecule has 0 aliphatic heterocycles. The molecule has 0 aromatic rings. The highest BCUT2D eigenvalue weighted by molar-refractivity contribution is 5.79. The third-order valence-electron chi connectivity index (χ3n) is 1.13. The van der Waals surface area contributed by atoms with Gasteiger partial charge in [-0.3, -0.25) is 4.79 Å². The lowest BCUT2D eigenvalue weighted by atomic mass is 10.1. The number of aliphatic hydroxyl groups is 1. The van der Waals surface area contributed by atoms with Gasteiger partial charge in [-0.15, -0.1) is 0 Å². The quantitative estimate of drug-likeness (QED) is 0.579. The van der Waals surface area contributed by atoms with Crippen molar-refractivity contribution >= 4 is 5.78 Å². The normalized spacial score (nSPS) is 10.5. The Morgan fingerprint density at radius 3 is 2.64 bits per heavy atom. The molecule has 0 fully saturated rings. The number of rotatable bonds is 6. The van der Waals surface area contributed by atoms with Crippen LogP contribution in [0.1, 0.15) is 20.3 Å². The summed E-state index contributed by atoms with van der Waals surface area (Å²) in [6.07, 6.45) is 0.561. The Morgan fingerprint density at radius 2 is 2.18 bits per heavy atom. The molecule has 0 atom stereocenters. The summed E-state index contributed by atoms with van der Waals surface area (Å²) in [4.78, 5) is 10.9. The van der Waals surface area contributed by atoms with E-state index in [4.69, 9.17) is 9.84 Å². The van der Waals surface area contributed by atoms with E-state index in [1.54, 1.807) is 0 Å². The van der Waals surface area contributed by atoms with Crippen LogP contribution in [-0.2, 0) is 9.53 Å². The molecule has 0 aromatic heterocycles. The van der Waals surface area contributed by atoms with Gasteiger partial charge in [-0.1, -0.05) is 13.8 Å². The van der Waals surface area contributed by atoms with Crippen molar-refractivity contribution in [1.82, 2.24) is 0 Å². The van der Waals surface area contributed by atoms with Gasteiger partial charge in [0.15, 0.2) is 5.78 Å². The van der Waals surface area contributed by atoms with Crippen LogP contribution in [0.25, 0.3) is 0 Å². The molecule has 0 unspecified atom stereocenters. The summed E-state index contributed by atoms with van der Waals surface area (Å²) < 4.78 is 4.85. The molecular weight excluding hydrogens is 144 g/mol. The van der Waals surface area contributed by atoms with Crippen LogP contribution >= 0.6 is 0 Å². The van der Waals surface area contributed by atoms with E-state index in [9.17, 15) is 4.79 Å². The number of hydrogen-bond donors (Lipinski definition) is 1. The highest BCUT2D eigenvalue weighted by Crippen LogP contribution is 1.99. The molecule has 0 bridgehead atoms. The Hall–Kier alpha value is -0.410. The van der Waals surface area contributed by atoms with E-state index < -0.39 is 0 Å². The Balaban J connectivity index is 3.23. The second-order valence-corrected chi connectivity index (χ2v) is 2.91. The molecular formula is C8H16O3. The summed E-state index contributed by atoms with van der Waals surface area (Å²) in [6, 6.07) is 0. The van der Waals surface area contributed by atoms with Crippen LogP contribution < -0.4 is 0 Å². The van der Waals surface area contributed by atoms with Crippen LogP contribution in [0.15, 0.2) is 0 Å². The Morgan fingerprint density at radius 1 is 1.55 bits per heavy atom. The predicted molar refractivity (Wildman–Crippen MR) is 42.4 cm³/mol. The summed E-state index contributed by atoms with van der Waals surface area (Å²) in [7, 11) is 0. The molecule has 1 N–H and O–H groups in total. The minimum absolute atomic E-state index is 0.0189. The van der Waals surface area contributed by atoms with Crippen molar-refractivity contribution in [2.75, 3.05) is 19.8 Å². The first-order valence-electron chi connectivity index (χ1n) is 3.87. The maximum atomic E-state index is 10.9. The van der Waals surface area contributed by atoms with Crippen LogP contribution in [0, 0.1) is 5.92 Å². The zero-order chi connectivity index (χ0) is 8.69. The number of aliphatic hydroxyl groups excluding tert-OH is 1. The molecule has 11 heavy (non-hydrogen) atoms. The molecule has 0 rings (SSSR count). The SMILES string of the molecule is CC(C)CC(=O)COCCO. The van der Waals surface area contributed by atoms with Crippen molar-refractivity contribution in [3.8, 4) is 0 Å². The molecule has 0 spiro atoms. The molecule has 0 radical (unpaired) electrons. The first kappa shape index (κ1) is 10.6. The predicted octanol–water partition coefficient (Wildman–Crippen LogP) is 0.611. The fraction of sp³-hybridized carbons (Fsp3) is 0.875. The van der Waals surface area contributed by atoms with E-state index in [0.717, 1.165) is 0 Å². The van der Waals surface area contributed by atoms with Gasteiger partial charge < -0.3 is 9.84 Å². The van der Waals surface area contributed by atoms with Gasteiger partial charge >= 0.3 is 0 Å². The number of Topliss-reactive ketones (excluding diaryl/α,β-unsaturated/α-hetero) is 1. The second-order valence-electron chi connectivity index (χ2n) is 2.91. The van der Waals surface area contributed by atoms with Crippen molar-refractivity contribution in [3.05, 3.63) is 0 Å². The number of hydrogen-bond acceptors (Lipinski definition) is 3. The van der Waals surface area contributed by atoms with Gasteiger partial charge in [0, 0.05) is 6.42 Å². The Kier molecular flexibility index (Phi) is 6.07. The molecule has 0 saturated heterocycles. The van der Waals surface area contributed by atoms with Crippen LogP contribution in [0.2, 0.25) is 0 Å². The van der Waals surface area contributed by atoms with Gasteiger partial charge in [0.05, 0.1) is 13.2 Å². The van der Waals surface area contributed by atoms with Crippen molar-refractivity contribution in [3.63, 3.8) is 0 Å². The van der Waals surface area contributed by atoms with Gasteiger partial charge in [0.2, 0.25) is 0 Å². The zero-order valence-corrected chi connectivity index (χ0v) is 7.17. The average Bonchev–Trinajstić information content (AvgIpc) is 1.86. The smallest absolute Gasteiger partial charge is 0.158 e. The van der Waals surface area contributed by atoms with E-state index in [0.29, 0.717) is 12.3 Å². The van der Waals surface area contributed by atoms with Crippen LogP contribution in [0.4, 0.5) is 0 Å². The summed E-state index contributed by atoms with van der Waals surface area (Å²) in [5, 5.41) is 8.32. The lowest BCUT2D eigenvalue weighted by molar-refractivity contribution is -0.124. The van der Waals surface area contributed by atoms with E-state index in [-0.39, 0.29) is 25.6 Å². The number of ether oxygens (including phenoxy) is 1. The van der Waals surface area contributed by atoms with E-state index in [1.807, 2.05) is 13.8 Å². The maximum absolute atomic E-state index is 10.9. The monoisotopic (exact) mass is 160 g/mol. The summed E-state index contributed by atoms with van der Waals surface area (Å²) >= 11 is 0. The molecule has 0 aromatic carbocycles. The lowest BCUT2D eigenvalue weighted by Crippen LogP contribution is -2.12. The molecule has 66 valence electrons. The first-order chi connectivity index (χ1) is 5.16. The molecule has 3 nitrogen and oxygen atoms in total. The highest BCUT2D eigenvalue weighted by Gasteiger charge is 2.03. The molecule has 0 amide bonds. The van der Waals surface area contributed by atoms with E-state index in [1.165, 1.54) is 0 Å². The van der Waals surface area contributed by atoms with Crippen LogP contribution in [-0.4, -0.2) is 30.7 Å². The minimum Gasteiger partial charge on any atom is -0.394 e. The summed E-state index contributed by atoms with van der Waals surface area (Å²) in [5.41, 5.74) is 0. The van der Waals surface area contributed by atoms with Crippen molar-refractivity contribution in [2.45, 2.75) is 20.3 Å². The standard InChI is InChI=1S/C8H16O3/c1-7(2)5-8(10)6-11-4-3-9/h7,9H,3-6H2,1-2H3. The fourth-order valence-electron chi connectivity index (χ4n) is 0.765. The maximum Gasteiger partial charge on any atom is 0.158 e. The van der Waals surface area contributed by atoms with Gasteiger partial charge in [-0.2, -0.15) is 0 Å². The minimum atomic E-state index is -0.0189. The van der Waals surface area contributed by atoms with E-state index >= 15 is 0 Å². The first-order valence-corrected chi connectivity index (χ1v) is 3.87. The summed E-state index contributed by atoms with van der Waals surface area (Å²) in [6.45, 7) is 4.35. The largest absolute Gasteiger partial charge is 0.394 e. The molecule has 3 heteroatoms. The average molecular weight is 160 g/mol. The Bertz CT molecular complexity index is 110. The van der Waals surface area contributed by atoms with Crippen molar-refractivity contribution in [2.24, 2.45) is 5.92 Å². The highest BCUT2D eigenvalue weighted by atomic mass is 16.5. The molecule has 0 aliphatic carbocycles. The topological polar surface area (TPSA) is 46.5 Å². The second kappa shape index (κ2) is 6.31. The van der Waals surface area contributed by atoms with Crippen LogP contribution in [0.3, 0.4) is 0 Å². The third kappa shape index (κ3) is 7.49. The lowest BCUT2D eigenvalue weighted by Gasteiger charge is -2.03. The number of carbonyl (C=O) groups is 1.